The van der Waals surface area contributed by atoms with Gasteiger partial charge < -0.3 is 19.4 Å². The fourth-order valence-electron chi connectivity index (χ4n) is 2.14. The Morgan fingerprint density at radius 1 is 0.917 bits per heavy atom. The van der Waals surface area contributed by atoms with Crippen LogP contribution in [-0.4, -0.2) is 76.1 Å². The van der Waals surface area contributed by atoms with Gasteiger partial charge in [-0.2, -0.15) is 0 Å². The highest BCUT2D eigenvalue weighted by molar-refractivity contribution is 5.95. The third-order valence-corrected chi connectivity index (χ3v) is 3.53. The first kappa shape index (κ1) is 20.1. The monoisotopic (exact) mass is 335 g/mol. The predicted molar refractivity (Wildman–Crippen MR) is 96.5 cm³/mol. The van der Waals surface area contributed by atoms with Gasteiger partial charge in [-0.25, -0.2) is 4.79 Å². The van der Waals surface area contributed by atoms with Gasteiger partial charge in [0.15, 0.2) is 0 Å². The molecule has 6 nitrogen and oxygen atoms in total. The molecule has 0 unspecified atom stereocenters. The number of likely N-dealkylation sites (N-methyl/N-ethyl adjacent to an activating group) is 1. The summed E-state index contributed by atoms with van der Waals surface area (Å²) in [5, 5.41) is 0. The molecule has 0 aliphatic carbocycles. The van der Waals surface area contributed by atoms with E-state index in [0.29, 0.717) is 31.7 Å². The fourth-order valence-corrected chi connectivity index (χ4v) is 2.14. The molecule has 0 fully saturated rings. The van der Waals surface area contributed by atoms with E-state index < -0.39 is 0 Å². The maximum absolute atomic E-state index is 12.6. The lowest BCUT2D eigenvalue weighted by Gasteiger charge is -2.25. The van der Waals surface area contributed by atoms with Crippen LogP contribution in [0.1, 0.15) is 23.7 Å². The van der Waals surface area contributed by atoms with Crippen LogP contribution in [0.15, 0.2) is 24.3 Å². The van der Waals surface area contributed by atoms with Crippen LogP contribution < -0.4 is 4.90 Å². The van der Waals surface area contributed by atoms with Crippen molar-refractivity contribution in [2.75, 3.05) is 59.3 Å². The Hall–Kier alpha value is -1.92. The normalized spacial score (nSPS) is 11.0. The number of amides is 1. The lowest BCUT2D eigenvalue weighted by Crippen LogP contribution is -2.38. The van der Waals surface area contributed by atoms with Crippen LogP contribution in [0.2, 0.25) is 0 Å². The van der Waals surface area contributed by atoms with Gasteiger partial charge >= 0.3 is 5.97 Å². The number of rotatable bonds is 9. The summed E-state index contributed by atoms with van der Waals surface area (Å²) < 4.78 is 4.99. The summed E-state index contributed by atoms with van der Waals surface area (Å²) in [6.07, 6.45) is 0.458. The summed E-state index contributed by atoms with van der Waals surface area (Å²) >= 11 is 0. The van der Waals surface area contributed by atoms with Gasteiger partial charge in [-0.1, -0.05) is 0 Å². The molecule has 0 bridgehead atoms. The fraction of sp³-hybridized carbons (Fsp3) is 0.556. The molecule has 6 heteroatoms. The number of hydrogen-bond acceptors (Lipinski definition) is 5. The van der Waals surface area contributed by atoms with E-state index in [0.717, 1.165) is 12.2 Å². The van der Waals surface area contributed by atoms with Crippen LogP contribution in [0.3, 0.4) is 0 Å². The van der Waals surface area contributed by atoms with E-state index in [4.69, 9.17) is 4.74 Å². The van der Waals surface area contributed by atoms with Gasteiger partial charge in [0.2, 0.25) is 5.91 Å². The topological polar surface area (TPSA) is 53.1 Å². The largest absolute Gasteiger partial charge is 0.462 e. The highest BCUT2D eigenvalue weighted by atomic mass is 16.5. The highest BCUT2D eigenvalue weighted by Gasteiger charge is 2.17. The van der Waals surface area contributed by atoms with E-state index >= 15 is 0 Å². The van der Waals surface area contributed by atoms with E-state index in [9.17, 15) is 9.59 Å². The Bertz CT molecular complexity index is 527. The second kappa shape index (κ2) is 10.1. The van der Waals surface area contributed by atoms with Gasteiger partial charge in [-0.05, 0) is 59.4 Å². The zero-order chi connectivity index (χ0) is 18.1. The number of carbonyl (C=O) groups is 2. The van der Waals surface area contributed by atoms with E-state index in [-0.39, 0.29) is 11.9 Å². The smallest absolute Gasteiger partial charge is 0.338 e. The van der Waals surface area contributed by atoms with Crippen molar-refractivity contribution in [1.82, 2.24) is 9.80 Å². The van der Waals surface area contributed by atoms with Crippen molar-refractivity contribution in [2.45, 2.75) is 13.3 Å². The van der Waals surface area contributed by atoms with Crippen molar-refractivity contribution in [3.63, 3.8) is 0 Å². The van der Waals surface area contributed by atoms with Crippen molar-refractivity contribution in [1.29, 1.82) is 0 Å². The first-order valence-corrected chi connectivity index (χ1v) is 8.22. The number of ether oxygens (including phenoxy) is 1. The summed E-state index contributed by atoms with van der Waals surface area (Å²) in [4.78, 5) is 30.1. The predicted octanol–water partition coefficient (Wildman–Crippen LogP) is 1.71. The molecule has 1 rings (SSSR count). The first-order chi connectivity index (χ1) is 11.3. The third-order valence-electron chi connectivity index (χ3n) is 3.53. The lowest BCUT2D eigenvalue weighted by molar-refractivity contribution is -0.118. The Morgan fingerprint density at radius 2 is 1.50 bits per heavy atom. The highest BCUT2D eigenvalue weighted by Crippen LogP contribution is 2.17. The van der Waals surface area contributed by atoms with Gasteiger partial charge in [0.05, 0.1) is 12.2 Å². The molecule has 0 aliphatic heterocycles. The average Bonchev–Trinajstić information content (AvgIpc) is 2.53. The maximum atomic E-state index is 12.6. The number of benzene rings is 1. The van der Waals surface area contributed by atoms with E-state index in [1.165, 1.54) is 0 Å². The zero-order valence-corrected chi connectivity index (χ0v) is 15.4. The standard InChI is InChI=1S/C18H29N3O3/c1-6-24-18(23)15-7-9-16(10-8-15)21(14-13-20(4)5)17(22)11-12-19(2)3/h7-10H,6,11-14H2,1-5H3. The van der Waals surface area contributed by atoms with Gasteiger partial charge in [0, 0.05) is 31.7 Å². The van der Waals surface area contributed by atoms with E-state index in [1.807, 2.05) is 38.0 Å². The van der Waals surface area contributed by atoms with Crippen LogP contribution in [0.4, 0.5) is 5.69 Å². The van der Waals surface area contributed by atoms with Gasteiger partial charge in [-0.15, -0.1) is 0 Å². The molecule has 0 aromatic heterocycles. The molecule has 1 aromatic carbocycles. The van der Waals surface area contributed by atoms with Crippen molar-refractivity contribution >= 4 is 17.6 Å². The third kappa shape index (κ3) is 6.68. The molecule has 0 saturated carbocycles. The van der Waals surface area contributed by atoms with Crippen LogP contribution in [-0.2, 0) is 9.53 Å². The average molecular weight is 335 g/mol. The summed E-state index contributed by atoms with van der Waals surface area (Å²) in [5.74, 6) is -0.266. The molecule has 134 valence electrons. The number of hydrogen-bond donors (Lipinski definition) is 0. The Labute approximate surface area is 145 Å². The Morgan fingerprint density at radius 3 is 2.00 bits per heavy atom. The van der Waals surface area contributed by atoms with Crippen LogP contribution in [0.5, 0.6) is 0 Å². The molecule has 0 spiro atoms. The molecule has 0 saturated heterocycles. The minimum absolute atomic E-state index is 0.0782. The second-order valence-corrected chi connectivity index (χ2v) is 6.17. The quantitative estimate of drug-likeness (QED) is 0.643. The maximum Gasteiger partial charge on any atom is 0.338 e. The van der Waals surface area contributed by atoms with E-state index in [2.05, 4.69) is 0 Å². The van der Waals surface area contributed by atoms with Crippen molar-refractivity contribution in [3.05, 3.63) is 29.8 Å². The molecule has 0 heterocycles. The van der Waals surface area contributed by atoms with Crippen molar-refractivity contribution in [3.8, 4) is 0 Å². The molecule has 24 heavy (non-hydrogen) atoms. The molecular formula is C18H29N3O3. The van der Waals surface area contributed by atoms with Gasteiger partial charge in [0.1, 0.15) is 0 Å². The first-order valence-electron chi connectivity index (χ1n) is 8.22. The molecule has 1 aromatic rings. The summed E-state index contributed by atoms with van der Waals surface area (Å²) in [6, 6.07) is 7.01. The minimum atomic E-state index is -0.345. The molecule has 0 aliphatic rings. The molecular weight excluding hydrogens is 306 g/mol. The lowest BCUT2D eigenvalue weighted by atomic mass is 10.2. The number of anilines is 1. The summed E-state index contributed by atoms with van der Waals surface area (Å²) in [7, 11) is 7.86. The van der Waals surface area contributed by atoms with Crippen molar-refractivity contribution < 1.29 is 14.3 Å². The van der Waals surface area contributed by atoms with Crippen LogP contribution >= 0.6 is 0 Å². The molecule has 1 amide bonds. The SMILES string of the molecule is CCOC(=O)c1ccc(N(CCN(C)C)C(=O)CCN(C)C)cc1. The summed E-state index contributed by atoms with van der Waals surface area (Å²) in [5.41, 5.74) is 1.29. The van der Waals surface area contributed by atoms with Crippen LogP contribution in [0, 0.1) is 0 Å². The molecule has 0 atom stereocenters. The number of esters is 1. The minimum Gasteiger partial charge on any atom is -0.462 e. The van der Waals surface area contributed by atoms with Gasteiger partial charge in [0.25, 0.3) is 0 Å². The second-order valence-electron chi connectivity index (χ2n) is 6.17. The zero-order valence-electron chi connectivity index (χ0n) is 15.4. The Kier molecular flexibility index (Phi) is 8.43. The Balaban J connectivity index is 2.88. The van der Waals surface area contributed by atoms with E-state index in [1.54, 1.807) is 36.1 Å². The number of carbonyl (C=O) groups excluding carboxylic acids is 2. The molecule has 0 radical (unpaired) electrons. The summed E-state index contributed by atoms with van der Waals surface area (Å²) in [6.45, 7) is 4.21. The van der Waals surface area contributed by atoms with Gasteiger partial charge in [-0.3, -0.25) is 4.79 Å². The molecule has 0 N–H and O–H groups in total. The van der Waals surface area contributed by atoms with Crippen LogP contribution in [0.25, 0.3) is 0 Å². The van der Waals surface area contributed by atoms with Crippen molar-refractivity contribution in [2.24, 2.45) is 0 Å². The number of nitrogens with zero attached hydrogens (tertiary/aromatic N) is 3.